The SMILES string of the molecule is CS(=O)(=O)Nc1ccc(C(=O)Nc2ccc(S(=O)(=O)N3CCOCC3)cc2)c(Cl)c1. The Hall–Kier alpha value is -2.18. The molecule has 0 bridgehead atoms. The van der Waals surface area contributed by atoms with E-state index in [1.54, 1.807) is 0 Å². The maximum atomic E-state index is 12.6. The van der Waals surface area contributed by atoms with E-state index in [-0.39, 0.29) is 21.2 Å². The molecule has 3 rings (SSSR count). The van der Waals surface area contributed by atoms with Crippen LogP contribution in [0.3, 0.4) is 0 Å². The van der Waals surface area contributed by atoms with Gasteiger partial charge in [-0.15, -0.1) is 0 Å². The first-order valence-electron chi connectivity index (χ1n) is 8.83. The summed E-state index contributed by atoms with van der Waals surface area (Å²) < 4.78 is 56.6. The summed E-state index contributed by atoms with van der Waals surface area (Å²) in [6, 6.07) is 9.94. The standard InChI is InChI=1S/C18H20ClN3O6S2/c1-29(24,25)21-14-4-7-16(17(19)12-14)18(23)20-13-2-5-15(6-3-13)30(26,27)22-8-10-28-11-9-22/h2-7,12,21H,8-11H2,1H3,(H,20,23). The van der Waals surface area contributed by atoms with Crippen molar-refractivity contribution in [3.8, 4) is 0 Å². The molecule has 1 heterocycles. The molecule has 0 aliphatic carbocycles. The Bertz CT molecular complexity index is 1140. The smallest absolute Gasteiger partial charge is 0.257 e. The lowest BCUT2D eigenvalue weighted by Gasteiger charge is -2.26. The molecule has 30 heavy (non-hydrogen) atoms. The zero-order valence-electron chi connectivity index (χ0n) is 16.0. The normalized spacial score (nSPS) is 15.5. The highest BCUT2D eigenvalue weighted by Gasteiger charge is 2.26. The van der Waals surface area contributed by atoms with E-state index in [2.05, 4.69) is 10.0 Å². The van der Waals surface area contributed by atoms with E-state index >= 15 is 0 Å². The molecule has 12 heteroatoms. The van der Waals surface area contributed by atoms with Crippen LogP contribution >= 0.6 is 11.6 Å². The summed E-state index contributed by atoms with van der Waals surface area (Å²) in [7, 11) is -7.09. The number of carbonyl (C=O) groups excluding carboxylic acids is 1. The van der Waals surface area contributed by atoms with Gasteiger partial charge in [-0.2, -0.15) is 4.31 Å². The predicted octanol–water partition coefficient (Wildman–Crippen LogP) is 1.98. The second kappa shape index (κ2) is 8.90. The number of anilines is 2. The first-order valence-corrected chi connectivity index (χ1v) is 12.5. The molecule has 162 valence electrons. The number of hydrogen-bond acceptors (Lipinski definition) is 6. The number of rotatable bonds is 6. The molecule has 0 radical (unpaired) electrons. The van der Waals surface area contributed by atoms with Crippen LogP contribution in [0.5, 0.6) is 0 Å². The summed E-state index contributed by atoms with van der Waals surface area (Å²) in [5.74, 6) is -0.519. The van der Waals surface area contributed by atoms with Crippen LogP contribution in [0.4, 0.5) is 11.4 Å². The molecule has 0 saturated carbocycles. The van der Waals surface area contributed by atoms with Gasteiger partial charge in [-0.25, -0.2) is 16.8 Å². The predicted molar refractivity (Wildman–Crippen MR) is 114 cm³/mol. The second-order valence-corrected chi connectivity index (χ2v) is 10.7. The van der Waals surface area contributed by atoms with Crippen LogP contribution in [-0.4, -0.2) is 59.6 Å². The average Bonchev–Trinajstić information content (AvgIpc) is 2.68. The van der Waals surface area contributed by atoms with E-state index in [1.807, 2.05) is 0 Å². The Morgan fingerprint density at radius 1 is 1.00 bits per heavy atom. The number of amides is 1. The minimum absolute atomic E-state index is 0.0627. The third kappa shape index (κ3) is 5.49. The number of halogens is 1. The Balaban J connectivity index is 1.71. The van der Waals surface area contributed by atoms with Crippen molar-refractivity contribution >= 4 is 48.9 Å². The summed E-state index contributed by atoms with van der Waals surface area (Å²) in [6.45, 7) is 1.30. The van der Waals surface area contributed by atoms with Crippen molar-refractivity contribution in [1.82, 2.24) is 4.31 Å². The lowest BCUT2D eigenvalue weighted by molar-refractivity contribution is 0.0730. The molecule has 0 atom stereocenters. The molecular weight excluding hydrogens is 454 g/mol. The van der Waals surface area contributed by atoms with Gasteiger partial charge in [-0.1, -0.05) is 11.6 Å². The van der Waals surface area contributed by atoms with Crippen LogP contribution in [0.25, 0.3) is 0 Å². The van der Waals surface area contributed by atoms with Crippen molar-refractivity contribution in [1.29, 1.82) is 0 Å². The molecule has 9 nitrogen and oxygen atoms in total. The maximum absolute atomic E-state index is 12.6. The van der Waals surface area contributed by atoms with Crippen molar-refractivity contribution in [2.75, 3.05) is 42.6 Å². The summed E-state index contributed by atoms with van der Waals surface area (Å²) in [5, 5.41) is 2.70. The molecule has 1 fully saturated rings. The van der Waals surface area contributed by atoms with Crippen LogP contribution in [0, 0.1) is 0 Å². The molecular formula is C18H20ClN3O6S2. The Morgan fingerprint density at radius 3 is 2.17 bits per heavy atom. The highest BCUT2D eigenvalue weighted by atomic mass is 35.5. The Morgan fingerprint density at radius 2 is 1.60 bits per heavy atom. The fourth-order valence-electron chi connectivity index (χ4n) is 2.82. The van der Waals surface area contributed by atoms with Crippen LogP contribution in [-0.2, 0) is 24.8 Å². The van der Waals surface area contributed by atoms with E-state index in [9.17, 15) is 21.6 Å². The van der Waals surface area contributed by atoms with Gasteiger partial charge < -0.3 is 10.1 Å². The molecule has 0 aromatic heterocycles. The van der Waals surface area contributed by atoms with Crippen molar-refractivity contribution in [2.24, 2.45) is 0 Å². The fourth-order valence-corrected chi connectivity index (χ4v) is 5.05. The number of nitrogens with zero attached hydrogens (tertiary/aromatic N) is 1. The molecule has 2 aromatic carbocycles. The third-order valence-corrected chi connectivity index (χ3v) is 7.07. The minimum Gasteiger partial charge on any atom is -0.379 e. The average molecular weight is 474 g/mol. The number of nitrogens with one attached hydrogen (secondary N) is 2. The van der Waals surface area contributed by atoms with Crippen LogP contribution in [0.1, 0.15) is 10.4 Å². The van der Waals surface area contributed by atoms with Gasteiger partial charge in [-0.3, -0.25) is 9.52 Å². The lowest BCUT2D eigenvalue weighted by atomic mass is 10.2. The zero-order chi connectivity index (χ0) is 21.9. The van der Waals surface area contributed by atoms with Gasteiger partial charge in [0.15, 0.2) is 0 Å². The van der Waals surface area contributed by atoms with E-state index in [4.69, 9.17) is 16.3 Å². The van der Waals surface area contributed by atoms with Crippen LogP contribution < -0.4 is 10.0 Å². The van der Waals surface area contributed by atoms with Gasteiger partial charge in [0.1, 0.15) is 0 Å². The number of benzene rings is 2. The summed E-state index contributed by atoms with van der Waals surface area (Å²) in [4.78, 5) is 12.6. The van der Waals surface area contributed by atoms with E-state index in [0.29, 0.717) is 32.0 Å². The topological polar surface area (TPSA) is 122 Å². The monoisotopic (exact) mass is 473 g/mol. The molecule has 1 aliphatic rings. The molecule has 2 N–H and O–H groups in total. The molecule has 1 aliphatic heterocycles. The largest absolute Gasteiger partial charge is 0.379 e. The Labute approximate surface area is 180 Å². The van der Waals surface area contributed by atoms with Gasteiger partial charge >= 0.3 is 0 Å². The maximum Gasteiger partial charge on any atom is 0.257 e. The van der Waals surface area contributed by atoms with Crippen molar-refractivity contribution in [3.05, 3.63) is 53.1 Å². The van der Waals surface area contributed by atoms with Crippen molar-refractivity contribution in [3.63, 3.8) is 0 Å². The first-order chi connectivity index (χ1) is 14.1. The number of morpholine rings is 1. The van der Waals surface area contributed by atoms with Gasteiger partial charge in [0.25, 0.3) is 5.91 Å². The minimum atomic E-state index is -3.62. The second-order valence-electron chi connectivity index (χ2n) is 6.56. The van der Waals surface area contributed by atoms with E-state index in [1.165, 1.54) is 46.8 Å². The number of ether oxygens (including phenoxy) is 1. The van der Waals surface area contributed by atoms with Crippen LogP contribution in [0.2, 0.25) is 5.02 Å². The summed E-state index contributed by atoms with van der Waals surface area (Å²) in [5.41, 5.74) is 0.757. The lowest BCUT2D eigenvalue weighted by Crippen LogP contribution is -2.40. The van der Waals surface area contributed by atoms with Crippen molar-refractivity contribution < 1.29 is 26.4 Å². The quantitative estimate of drug-likeness (QED) is 0.661. The number of hydrogen-bond donors (Lipinski definition) is 2. The summed E-state index contributed by atoms with van der Waals surface area (Å²) in [6.07, 6.45) is 1.00. The van der Waals surface area contributed by atoms with Gasteiger partial charge in [0, 0.05) is 24.5 Å². The molecule has 2 aromatic rings. The van der Waals surface area contributed by atoms with Gasteiger partial charge in [0.2, 0.25) is 20.0 Å². The number of sulfonamides is 2. The molecule has 0 spiro atoms. The molecule has 0 unspecified atom stereocenters. The molecule has 1 amide bonds. The highest BCUT2D eigenvalue weighted by Crippen LogP contribution is 2.24. The van der Waals surface area contributed by atoms with Gasteiger partial charge in [-0.05, 0) is 42.5 Å². The Kier molecular flexibility index (Phi) is 6.68. The fraction of sp³-hybridized carbons (Fsp3) is 0.278. The van der Waals surface area contributed by atoms with E-state index < -0.39 is 26.0 Å². The zero-order valence-corrected chi connectivity index (χ0v) is 18.3. The molecule has 1 saturated heterocycles. The highest BCUT2D eigenvalue weighted by molar-refractivity contribution is 7.92. The summed E-state index contributed by atoms with van der Waals surface area (Å²) >= 11 is 6.10. The number of carbonyl (C=O) groups is 1. The third-order valence-electron chi connectivity index (χ3n) is 4.24. The van der Waals surface area contributed by atoms with Gasteiger partial charge in [0.05, 0.1) is 35.0 Å². The van der Waals surface area contributed by atoms with Crippen molar-refractivity contribution in [2.45, 2.75) is 4.90 Å². The van der Waals surface area contributed by atoms with Crippen LogP contribution in [0.15, 0.2) is 47.4 Å². The van der Waals surface area contributed by atoms with E-state index in [0.717, 1.165) is 6.26 Å². The first kappa shape index (κ1) is 22.5.